The van der Waals surface area contributed by atoms with E-state index in [1.165, 1.54) is 11.0 Å². The van der Waals surface area contributed by atoms with Crippen LogP contribution in [0.4, 0.5) is 0 Å². The fourth-order valence-corrected chi connectivity index (χ4v) is 3.93. The number of aryl methyl sites for hydroxylation is 1. The topological polar surface area (TPSA) is 90.5 Å². The number of hydrogen-bond acceptors (Lipinski definition) is 5. The molecule has 0 spiro atoms. The molecule has 0 bridgehead atoms. The van der Waals surface area contributed by atoms with Crippen LogP contribution in [-0.4, -0.2) is 35.7 Å². The Labute approximate surface area is 182 Å². The van der Waals surface area contributed by atoms with Gasteiger partial charge >= 0.3 is 0 Å². The highest BCUT2D eigenvalue weighted by atomic mass is 79.9. The largest absolute Gasteiger partial charge is 0.342 e. The van der Waals surface area contributed by atoms with Crippen LogP contribution in [0.3, 0.4) is 0 Å². The summed E-state index contributed by atoms with van der Waals surface area (Å²) in [6.45, 7) is 4.26. The van der Waals surface area contributed by atoms with E-state index >= 15 is 0 Å². The maximum absolute atomic E-state index is 13.4. The van der Waals surface area contributed by atoms with Gasteiger partial charge in [-0.25, -0.2) is 4.98 Å². The lowest BCUT2D eigenvalue weighted by molar-refractivity contribution is 0.0929. The smallest absolute Gasteiger partial charge is 0.254 e. The van der Waals surface area contributed by atoms with Gasteiger partial charge in [-0.05, 0) is 53.1 Å². The van der Waals surface area contributed by atoms with Crippen LogP contribution in [-0.2, 0) is 7.05 Å². The minimum Gasteiger partial charge on any atom is -0.342 e. The van der Waals surface area contributed by atoms with E-state index in [1.807, 2.05) is 48.0 Å². The van der Waals surface area contributed by atoms with E-state index in [0.717, 1.165) is 27.8 Å². The van der Waals surface area contributed by atoms with Crippen molar-refractivity contribution >= 4 is 32.9 Å². The number of hydrogen-bond donors (Lipinski definition) is 1. The first kappa shape index (κ1) is 20.2. The number of fused-ring (bicyclic) bond motifs is 1. The van der Waals surface area contributed by atoms with Crippen LogP contribution >= 0.6 is 15.9 Å². The molecule has 2 aromatic heterocycles. The van der Waals surface area contributed by atoms with E-state index in [4.69, 9.17) is 4.98 Å². The molecule has 0 aliphatic rings. The number of tetrazole rings is 1. The average molecular weight is 468 g/mol. The number of carbonyl (C=O) groups excluding carboxylic acids is 1. The highest BCUT2D eigenvalue weighted by Gasteiger charge is 2.24. The standard InChI is InChI=1S/C21H22BrN7O/c1-13(2)10-17(20-24-16-6-4-5-7-19(16)28(20)3)25-21(30)15-11-14(22)8-9-18(15)29-12-23-26-27-29/h4-9,11-13,17H,10H2,1-3H3,(H,25,30)/t17-/m1/s1. The molecule has 2 aromatic carbocycles. The summed E-state index contributed by atoms with van der Waals surface area (Å²) in [5.74, 6) is 0.994. The summed E-state index contributed by atoms with van der Waals surface area (Å²) in [6, 6.07) is 13.2. The van der Waals surface area contributed by atoms with Gasteiger partial charge in [0.1, 0.15) is 12.2 Å². The van der Waals surface area contributed by atoms with Gasteiger partial charge in [0.2, 0.25) is 0 Å². The van der Waals surface area contributed by atoms with Crippen molar-refractivity contribution < 1.29 is 4.79 Å². The summed E-state index contributed by atoms with van der Waals surface area (Å²) in [5.41, 5.74) is 3.03. The number of aromatic nitrogens is 6. The number of rotatable bonds is 6. The molecule has 0 saturated heterocycles. The number of benzene rings is 2. The molecule has 0 unspecified atom stereocenters. The molecule has 30 heavy (non-hydrogen) atoms. The van der Waals surface area contributed by atoms with E-state index < -0.39 is 0 Å². The number of nitrogens with one attached hydrogen (secondary N) is 1. The Morgan fingerprint density at radius 1 is 1.20 bits per heavy atom. The van der Waals surface area contributed by atoms with Crippen molar-refractivity contribution in [3.05, 3.63) is 64.7 Å². The number of amides is 1. The summed E-state index contributed by atoms with van der Waals surface area (Å²) >= 11 is 3.46. The molecule has 9 heteroatoms. The van der Waals surface area contributed by atoms with Gasteiger partial charge < -0.3 is 9.88 Å². The Hall–Kier alpha value is -3.07. The average Bonchev–Trinajstić information content (AvgIpc) is 3.36. The van der Waals surface area contributed by atoms with Gasteiger partial charge in [-0.1, -0.05) is 41.9 Å². The van der Waals surface area contributed by atoms with Crippen molar-refractivity contribution in [3.8, 4) is 5.69 Å². The first-order valence-corrected chi connectivity index (χ1v) is 10.5. The predicted molar refractivity (Wildman–Crippen MR) is 117 cm³/mol. The molecule has 8 nitrogen and oxygen atoms in total. The first-order valence-electron chi connectivity index (χ1n) is 9.69. The predicted octanol–water partition coefficient (Wildman–Crippen LogP) is 3.83. The molecule has 0 radical (unpaired) electrons. The number of imidazole rings is 1. The lowest BCUT2D eigenvalue weighted by Gasteiger charge is -2.21. The molecular weight excluding hydrogens is 446 g/mol. The fourth-order valence-electron chi connectivity index (χ4n) is 3.57. The van der Waals surface area contributed by atoms with Crippen molar-refractivity contribution in [1.82, 2.24) is 35.1 Å². The van der Waals surface area contributed by atoms with Crippen LogP contribution in [0.2, 0.25) is 0 Å². The molecule has 4 rings (SSSR count). The van der Waals surface area contributed by atoms with Gasteiger partial charge in [0, 0.05) is 11.5 Å². The molecular formula is C21H22BrN7O. The number of carbonyl (C=O) groups is 1. The van der Waals surface area contributed by atoms with Crippen LogP contribution in [0.25, 0.3) is 16.7 Å². The second-order valence-corrected chi connectivity index (χ2v) is 8.50. The summed E-state index contributed by atoms with van der Waals surface area (Å²) in [5, 5.41) is 14.5. The minimum atomic E-state index is -0.240. The second kappa shape index (κ2) is 8.35. The van der Waals surface area contributed by atoms with Crippen LogP contribution in [0.5, 0.6) is 0 Å². The molecule has 154 valence electrons. The molecule has 1 amide bonds. The van der Waals surface area contributed by atoms with E-state index in [0.29, 0.717) is 17.2 Å². The molecule has 0 saturated carbocycles. The van der Waals surface area contributed by atoms with E-state index in [9.17, 15) is 4.79 Å². The third-order valence-corrected chi connectivity index (χ3v) is 5.44. The van der Waals surface area contributed by atoms with Crippen molar-refractivity contribution in [2.45, 2.75) is 26.3 Å². The third-order valence-electron chi connectivity index (χ3n) is 4.94. The van der Waals surface area contributed by atoms with Gasteiger partial charge in [-0.2, -0.15) is 4.68 Å². The second-order valence-electron chi connectivity index (χ2n) is 7.59. The molecule has 4 aromatic rings. The molecule has 2 heterocycles. The Bertz CT molecular complexity index is 1180. The zero-order valence-electron chi connectivity index (χ0n) is 17.0. The molecule has 0 fully saturated rings. The maximum atomic E-state index is 13.4. The number of nitrogens with zero attached hydrogens (tertiary/aromatic N) is 6. The van der Waals surface area contributed by atoms with Gasteiger partial charge in [0.25, 0.3) is 5.91 Å². The Morgan fingerprint density at radius 3 is 2.70 bits per heavy atom. The van der Waals surface area contributed by atoms with Crippen molar-refractivity contribution in [1.29, 1.82) is 0 Å². The van der Waals surface area contributed by atoms with Crippen molar-refractivity contribution in [2.24, 2.45) is 13.0 Å². The summed E-state index contributed by atoms with van der Waals surface area (Å²) < 4.78 is 4.33. The summed E-state index contributed by atoms with van der Waals surface area (Å²) in [7, 11) is 1.98. The molecule has 1 atom stereocenters. The van der Waals surface area contributed by atoms with Crippen LogP contribution < -0.4 is 5.32 Å². The van der Waals surface area contributed by atoms with E-state index in [1.54, 1.807) is 6.07 Å². The first-order chi connectivity index (χ1) is 14.4. The molecule has 0 aliphatic heterocycles. The zero-order chi connectivity index (χ0) is 21.3. The van der Waals surface area contributed by atoms with Gasteiger partial charge in [-0.15, -0.1) is 5.10 Å². The molecule has 1 N–H and O–H groups in total. The van der Waals surface area contributed by atoms with Crippen LogP contribution in [0.1, 0.15) is 42.5 Å². The van der Waals surface area contributed by atoms with Crippen LogP contribution in [0, 0.1) is 5.92 Å². The highest BCUT2D eigenvalue weighted by molar-refractivity contribution is 9.10. The summed E-state index contributed by atoms with van der Waals surface area (Å²) in [6.07, 6.45) is 2.23. The lowest BCUT2D eigenvalue weighted by Crippen LogP contribution is -2.32. The van der Waals surface area contributed by atoms with E-state index in [2.05, 4.69) is 50.6 Å². The number of halogens is 1. The van der Waals surface area contributed by atoms with Crippen molar-refractivity contribution in [2.75, 3.05) is 0 Å². The quantitative estimate of drug-likeness (QED) is 0.465. The summed E-state index contributed by atoms with van der Waals surface area (Å²) in [4.78, 5) is 18.2. The Balaban J connectivity index is 1.72. The van der Waals surface area contributed by atoms with Gasteiger partial charge in [-0.3, -0.25) is 4.79 Å². The SMILES string of the molecule is CC(C)C[C@@H](NC(=O)c1cc(Br)ccc1-n1cnnn1)c1nc2ccccc2n1C. The lowest BCUT2D eigenvalue weighted by atomic mass is 10.0. The Morgan fingerprint density at radius 2 is 2.00 bits per heavy atom. The van der Waals surface area contributed by atoms with Gasteiger partial charge in [0.15, 0.2) is 0 Å². The van der Waals surface area contributed by atoms with Crippen LogP contribution in [0.15, 0.2) is 53.3 Å². The highest BCUT2D eigenvalue weighted by Crippen LogP contribution is 2.26. The zero-order valence-corrected chi connectivity index (χ0v) is 18.5. The number of para-hydroxylation sites is 2. The third kappa shape index (κ3) is 3.97. The normalized spacial score (nSPS) is 12.4. The molecule has 0 aliphatic carbocycles. The van der Waals surface area contributed by atoms with Crippen molar-refractivity contribution in [3.63, 3.8) is 0 Å². The maximum Gasteiger partial charge on any atom is 0.254 e. The minimum absolute atomic E-state index is 0.209. The van der Waals surface area contributed by atoms with E-state index in [-0.39, 0.29) is 11.9 Å². The van der Waals surface area contributed by atoms with Gasteiger partial charge in [0.05, 0.1) is 28.3 Å². The monoisotopic (exact) mass is 467 g/mol. The fraction of sp³-hybridized carbons (Fsp3) is 0.286. The Kier molecular flexibility index (Phi) is 5.63.